The molecule has 5 nitrogen and oxygen atoms in total. The van der Waals surface area contributed by atoms with Crippen LogP contribution in [0.2, 0.25) is 0 Å². The molecule has 0 fully saturated rings. The maximum Gasteiger partial charge on any atom is 0.670 e. The molecule has 0 unspecified atom stereocenters. The maximum atomic E-state index is 8.79. The third kappa shape index (κ3) is 4.86. The van der Waals surface area contributed by atoms with Gasteiger partial charge in [0.2, 0.25) is 0 Å². The zero-order chi connectivity index (χ0) is 10.2. The smallest absolute Gasteiger partial charge is 0.416 e. The van der Waals surface area contributed by atoms with Crippen molar-refractivity contribution in [3.63, 3.8) is 0 Å². The van der Waals surface area contributed by atoms with E-state index < -0.39 is 19.1 Å². The number of hydrogen-bond acceptors (Lipinski definition) is 5. The summed E-state index contributed by atoms with van der Waals surface area (Å²) in [5.41, 5.74) is 0. The fraction of sp³-hybridized carbons (Fsp3) is 1.00. The molecule has 0 aliphatic carbocycles. The van der Waals surface area contributed by atoms with Crippen molar-refractivity contribution in [3.8, 4) is 0 Å². The van der Waals surface area contributed by atoms with Crippen molar-refractivity contribution in [3.05, 3.63) is 0 Å². The van der Waals surface area contributed by atoms with E-state index in [1.807, 2.05) is 20.8 Å². The topological polar surface area (TPSA) is 57.2 Å². The zero-order valence-corrected chi connectivity index (χ0v) is 10.8. The highest BCUT2D eigenvalue weighted by Crippen LogP contribution is 2.10. The summed E-state index contributed by atoms with van der Waals surface area (Å²) < 4.78 is 21.0. The van der Waals surface area contributed by atoms with Crippen molar-refractivity contribution in [2.75, 3.05) is 19.8 Å². The molecule has 0 heterocycles. The standard InChI is InChI=1S/C6H18O5Si2/c1-4-8-13(9-5-2,10-6-3)11-12-7/h7H,4-6,12H2,1-3H3. The van der Waals surface area contributed by atoms with Crippen LogP contribution in [-0.2, 0) is 17.4 Å². The Morgan fingerprint density at radius 1 is 1.00 bits per heavy atom. The van der Waals surface area contributed by atoms with Gasteiger partial charge in [-0.05, 0) is 20.8 Å². The normalized spacial score (nSPS) is 12.9. The molecule has 0 aliphatic rings. The summed E-state index contributed by atoms with van der Waals surface area (Å²) in [6.45, 7) is 6.88. The molecular formula is C6H18O5Si2. The van der Waals surface area contributed by atoms with E-state index in [4.69, 9.17) is 22.2 Å². The summed E-state index contributed by atoms with van der Waals surface area (Å²) in [6.07, 6.45) is 0. The summed E-state index contributed by atoms with van der Waals surface area (Å²) >= 11 is 0. The van der Waals surface area contributed by atoms with Crippen molar-refractivity contribution < 1.29 is 22.2 Å². The van der Waals surface area contributed by atoms with Gasteiger partial charge in [-0.2, -0.15) is 0 Å². The van der Waals surface area contributed by atoms with Gasteiger partial charge in [-0.25, -0.2) is 0 Å². The zero-order valence-electron chi connectivity index (χ0n) is 8.41. The van der Waals surface area contributed by atoms with E-state index in [2.05, 4.69) is 0 Å². The predicted octanol–water partition coefficient (Wildman–Crippen LogP) is -0.461. The fourth-order valence-corrected chi connectivity index (χ4v) is 3.80. The first kappa shape index (κ1) is 13.2. The molecule has 0 atom stereocenters. The Morgan fingerprint density at radius 3 is 1.62 bits per heavy atom. The second-order valence-corrected chi connectivity index (χ2v) is 5.35. The Labute approximate surface area is 82.5 Å². The maximum absolute atomic E-state index is 8.79. The van der Waals surface area contributed by atoms with Crippen LogP contribution in [0.4, 0.5) is 0 Å². The lowest BCUT2D eigenvalue weighted by Gasteiger charge is -2.25. The molecule has 0 aromatic carbocycles. The van der Waals surface area contributed by atoms with Gasteiger partial charge in [-0.3, -0.25) is 0 Å². The molecule has 1 N–H and O–H groups in total. The van der Waals surface area contributed by atoms with Crippen LogP contribution in [0.15, 0.2) is 0 Å². The monoisotopic (exact) mass is 226 g/mol. The van der Waals surface area contributed by atoms with Crippen molar-refractivity contribution in [2.45, 2.75) is 20.8 Å². The number of hydrogen-bond donors (Lipinski definition) is 1. The Morgan fingerprint density at radius 2 is 1.38 bits per heavy atom. The van der Waals surface area contributed by atoms with Crippen LogP contribution >= 0.6 is 0 Å². The van der Waals surface area contributed by atoms with Gasteiger partial charge in [-0.15, -0.1) is 0 Å². The molecule has 0 rings (SSSR count). The molecule has 80 valence electrons. The molecule has 0 saturated carbocycles. The first-order chi connectivity index (χ1) is 6.24. The van der Waals surface area contributed by atoms with Crippen molar-refractivity contribution in [2.24, 2.45) is 0 Å². The Balaban J connectivity index is 4.19. The quantitative estimate of drug-likeness (QED) is 0.568. The van der Waals surface area contributed by atoms with E-state index in [0.717, 1.165) is 0 Å². The van der Waals surface area contributed by atoms with Gasteiger partial charge in [0.1, 0.15) is 0 Å². The highest BCUT2D eigenvalue weighted by Gasteiger charge is 2.44. The van der Waals surface area contributed by atoms with Gasteiger partial charge in [-0.1, -0.05) is 0 Å². The van der Waals surface area contributed by atoms with Crippen LogP contribution in [-0.4, -0.2) is 43.7 Å². The molecule has 7 heteroatoms. The summed E-state index contributed by atoms with van der Waals surface area (Å²) in [7, 11) is -4.55. The van der Waals surface area contributed by atoms with Crippen molar-refractivity contribution in [1.29, 1.82) is 0 Å². The van der Waals surface area contributed by atoms with E-state index in [1.165, 1.54) is 0 Å². The average molecular weight is 226 g/mol. The summed E-state index contributed by atoms with van der Waals surface area (Å²) in [5.74, 6) is 0. The van der Waals surface area contributed by atoms with Crippen LogP contribution in [0.5, 0.6) is 0 Å². The molecular weight excluding hydrogens is 208 g/mol. The molecule has 0 radical (unpaired) electrons. The Bertz CT molecular complexity index is 94.1. The molecule has 0 aliphatic heterocycles. The molecule has 0 spiro atoms. The molecule has 13 heavy (non-hydrogen) atoms. The Hall–Kier alpha value is 0.234. The lowest BCUT2D eigenvalue weighted by Crippen LogP contribution is -2.50. The van der Waals surface area contributed by atoms with Crippen LogP contribution < -0.4 is 0 Å². The predicted molar refractivity (Wildman–Crippen MR) is 52.5 cm³/mol. The van der Waals surface area contributed by atoms with Crippen LogP contribution in [0.1, 0.15) is 20.8 Å². The molecule has 0 aromatic rings. The van der Waals surface area contributed by atoms with E-state index in [0.29, 0.717) is 19.8 Å². The van der Waals surface area contributed by atoms with Gasteiger partial charge in [0.05, 0.1) is 0 Å². The minimum absolute atomic E-state index is 0.459. The largest absolute Gasteiger partial charge is 0.670 e. The minimum atomic E-state index is -2.98. The van der Waals surface area contributed by atoms with Crippen molar-refractivity contribution >= 4 is 19.1 Å². The third-order valence-electron chi connectivity index (χ3n) is 1.20. The summed E-state index contributed by atoms with van der Waals surface area (Å²) in [6, 6.07) is 0. The van der Waals surface area contributed by atoms with E-state index >= 15 is 0 Å². The van der Waals surface area contributed by atoms with Crippen LogP contribution in [0.3, 0.4) is 0 Å². The van der Waals surface area contributed by atoms with E-state index in [1.54, 1.807) is 0 Å². The number of rotatable bonds is 8. The highest BCUT2D eigenvalue weighted by atomic mass is 28.4. The fourth-order valence-electron chi connectivity index (χ4n) is 0.859. The first-order valence-corrected chi connectivity index (χ1v) is 7.25. The lowest BCUT2D eigenvalue weighted by molar-refractivity contribution is 0.00678. The van der Waals surface area contributed by atoms with Gasteiger partial charge in [0.25, 0.3) is 10.0 Å². The molecule has 0 aromatic heterocycles. The second-order valence-electron chi connectivity index (χ2n) is 2.07. The second kappa shape index (κ2) is 7.62. The minimum Gasteiger partial charge on any atom is -0.416 e. The molecule has 0 saturated heterocycles. The Kier molecular flexibility index (Phi) is 7.76. The molecule has 0 amide bonds. The van der Waals surface area contributed by atoms with Gasteiger partial charge in [0.15, 0.2) is 0 Å². The van der Waals surface area contributed by atoms with E-state index in [9.17, 15) is 0 Å². The first-order valence-electron chi connectivity index (χ1n) is 4.41. The lowest BCUT2D eigenvalue weighted by atomic mass is 10.9. The molecule has 0 bridgehead atoms. The highest BCUT2D eigenvalue weighted by molar-refractivity contribution is 6.58. The van der Waals surface area contributed by atoms with Crippen LogP contribution in [0, 0.1) is 0 Å². The van der Waals surface area contributed by atoms with Gasteiger partial charge >= 0.3 is 9.05 Å². The summed E-state index contributed by atoms with van der Waals surface area (Å²) in [5, 5.41) is 0. The van der Waals surface area contributed by atoms with Crippen LogP contribution in [0.25, 0.3) is 0 Å². The average Bonchev–Trinajstić information content (AvgIpc) is 2.06. The van der Waals surface area contributed by atoms with Gasteiger partial charge in [0, 0.05) is 19.8 Å². The van der Waals surface area contributed by atoms with Gasteiger partial charge < -0.3 is 22.2 Å². The third-order valence-corrected chi connectivity index (χ3v) is 5.06. The van der Waals surface area contributed by atoms with Crippen molar-refractivity contribution in [1.82, 2.24) is 0 Å². The van der Waals surface area contributed by atoms with E-state index in [-0.39, 0.29) is 0 Å². The summed E-state index contributed by atoms with van der Waals surface area (Å²) in [4.78, 5) is 8.79. The SMILES string of the molecule is CCO[Si](OCC)(OCC)O[SiH2]O.